The predicted octanol–water partition coefficient (Wildman–Crippen LogP) is 3.49. The third-order valence-electron chi connectivity index (χ3n) is 2.70. The standard InChI is InChI=1S/C16H20N2O2/c1-3-17-13-8-9-18-14(10-13)12-20-16-7-5-6-15(11-16)19-4-2/h5-11H,3-4,12H2,1-2H3,(H,17,18). The van der Waals surface area contributed by atoms with E-state index in [2.05, 4.69) is 17.2 Å². The second-order valence-corrected chi connectivity index (χ2v) is 4.26. The third kappa shape index (κ3) is 4.16. The molecule has 0 saturated heterocycles. The average molecular weight is 272 g/mol. The number of nitrogens with one attached hydrogen (secondary N) is 1. The molecule has 0 bridgehead atoms. The van der Waals surface area contributed by atoms with Gasteiger partial charge in [0, 0.05) is 24.5 Å². The van der Waals surface area contributed by atoms with Gasteiger partial charge in [0.25, 0.3) is 0 Å². The van der Waals surface area contributed by atoms with Gasteiger partial charge in [-0.3, -0.25) is 4.98 Å². The van der Waals surface area contributed by atoms with Gasteiger partial charge in [-0.25, -0.2) is 0 Å². The zero-order valence-corrected chi connectivity index (χ0v) is 11.9. The molecular weight excluding hydrogens is 252 g/mol. The van der Waals surface area contributed by atoms with Crippen LogP contribution in [0.1, 0.15) is 19.5 Å². The van der Waals surface area contributed by atoms with Crippen molar-refractivity contribution >= 4 is 5.69 Å². The molecular formula is C16H20N2O2. The number of ether oxygens (including phenoxy) is 2. The summed E-state index contributed by atoms with van der Waals surface area (Å²) in [7, 11) is 0. The van der Waals surface area contributed by atoms with Crippen LogP contribution in [-0.4, -0.2) is 18.1 Å². The zero-order valence-electron chi connectivity index (χ0n) is 11.9. The van der Waals surface area contributed by atoms with Crippen molar-refractivity contribution in [1.82, 2.24) is 4.98 Å². The fourth-order valence-corrected chi connectivity index (χ4v) is 1.85. The Morgan fingerprint density at radius 3 is 2.60 bits per heavy atom. The summed E-state index contributed by atoms with van der Waals surface area (Å²) in [4.78, 5) is 4.30. The van der Waals surface area contributed by atoms with Crippen LogP contribution in [-0.2, 0) is 6.61 Å². The Labute approximate surface area is 119 Å². The Morgan fingerprint density at radius 2 is 1.85 bits per heavy atom. The van der Waals surface area contributed by atoms with Crippen LogP contribution in [0.4, 0.5) is 5.69 Å². The molecule has 1 N–H and O–H groups in total. The molecule has 20 heavy (non-hydrogen) atoms. The van der Waals surface area contributed by atoms with Crippen molar-refractivity contribution < 1.29 is 9.47 Å². The first-order chi connectivity index (χ1) is 9.81. The first-order valence-electron chi connectivity index (χ1n) is 6.86. The van der Waals surface area contributed by atoms with Crippen LogP contribution >= 0.6 is 0 Å². The molecule has 0 atom stereocenters. The maximum absolute atomic E-state index is 5.74. The highest BCUT2D eigenvalue weighted by molar-refractivity contribution is 5.43. The van der Waals surface area contributed by atoms with Crippen molar-refractivity contribution in [3.63, 3.8) is 0 Å². The van der Waals surface area contributed by atoms with Gasteiger partial charge in [0.2, 0.25) is 0 Å². The van der Waals surface area contributed by atoms with E-state index in [1.165, 1.54) is 0 Å². The number of nitrogens with zero attached hydrogens (tertiary/aromatic N) is 1. The quantitative estimate of drug-likeness (QED) is 0.838. The monoisotopic (exact) mass is 272 g/mol. The van der Waals surface area contributed by atoms with Crippen molar-refractivity contribution in [3.8, 4) is 11.5 Å². The molecule has 4 heteroatoms. The number of anilines is 1. The lowest BCUT2D eigenvalue weighted by Crippen LogP contribution is -2.01. The lowest BCUT2D eigenvalue weighted by Gasteiger charge is -2.09. The molecule has 0 spiro atoms. The van der Waals surface area contributed by atoms with E-state index in [0.717, 1.165) is 29.4 Å². The van der Waals surface area contributed by atoms with E-state index in [4.69, 9.17) is 9.47 Å². The molecule has 0 radical (unpaired) electrons. The maximum Gasteiger partial charge on any atom is 0.130 e. The molecule has 2 aromatic rings. The van der Waals surface area contributed by atoms with Crippen LogP contribution in [0.3, 0.4) is 0 Å². The van der Waals surface area contributed by atoms with Crippen LogP contribution in [0.15, 0.2) is 42.6 Å². The molecule has 0 unspecified atom stereocenters. The van der Waals surface area contributed by atoms with Crippen molar-refractivity contribution in [2.75, 3.05) is 18.5 Å². The van der Waals surface area contributed by atoms with E-state index in [1.54, 1.807) is 6.20 Å². The molecule has 0 aliphatic carbocycles. The van der Waals surface area contributed by atoms with Crippen molar-refractivity contribution in [1.29, 1.82) is 0 Å². The molecule has 1 aromatic carbocycles. The molecule has 106 valence electrons. The largest absolute Gasteiger partial charge is 0.494 e. The molecule has 0 fully saturated rings. The average Bonchev–Trinajstić information content (AvgIpc) is 2.47. The minimum atomic E-state index is 0.439. The predicted molar refractivity (Wildman–Crippen MR) is 80.3 cm³/mol. The Bertz CT molecular complexity index is 494. The lowest BCUT2D eigenvalue weighted by atomic mass is 10.3. The van der Waals surface area contributed by atoms with Gasteiger partial charge in [0.15, 0.2) is 0 Å². The fourth-order valence-electron chi connectivity index (χ4n) is 1.85. The number of rotatable bonds is 7. The van der Waals surface area contributed by atoms with Gasteiger partial charge in [-0.1, -0.05) is 6.07 Å². The highest BCUT2D eigenvalue weighted by Gasteiger charge is 2.00. The summed E-state index contributed by atoms with van der Waals surface area (Å²) in [5.41, 5.74) is 1.95. The second-order valence-electron chi connectivity index (χ2n) is 4.26. The summed E-state index contributed by atoms with van der Waals surface area (Å²) in [5, 5.41) is 3.26. The van der Waals surface area contributed by atoms with Crippen LogP contribution in [0.25, 0.3) is 0 Å². The summed E-state index contributed by atoms with van der Waals surface area (Å²) >= 11 is 0. The second kappa shape index (κ2) is 7.38. The minimum absolute atomic E-state index is 0.439. The fraction of sp³-hybridized carbons (Fsp3) is 0.312. The molecule has 0 saturated carbocycles. The molecule has 1 heterocycles. The van der Waals surface area contributed by atoms with E-state index < -0.39 is 0 Å². The smallest absolute Gasteiger partial charge is 0.130 e. The number of hydrogen-bond donors (Lipinski definition) is 1. The van der Waals surface area contributed by atoms with Crippen molar-refractivity contribution in [2.45, 2.75) is 20.5 Å². The number of benzene rings is 1. The summed E-state index contributed by atoms with van der Waals surface area (Å²) in [6.45, 7) is 6.00. The van der Waals surface area contributed by atoms with Gasteiger partial charge < -0.3 is 14.8 Å². The minimum Gasteiger partial charge on any atom is -0.494 e. The van der Waals surface area contributed by atoms with Gasteiger partial charge in [-0.2, -0.15) is 0 Å². The number of pyridine rings is 1. The first-order valence-corrected chi connectivity index (χ1v) is 6.86. The molecule has 2 rings (SSSR count). The highest BCUT2D eigenvalue weighted by Crippen LogP contribution is 2.20. The van der Waals surface area contributed by atoms with Crippen molar-refractivity contribution in [3.05, 3.63) is 48.3 Å². The number of hydrogen-bond acceptors (Lipinski definition) is 4. The molecule has 1 aromatic heterocycles. The van der Waals surface area contributed by atoms with E-state index in [9.17, 15) is 0 Å². The van der Waals surface area contributed by atoms with Crippen LogP contribution in [0.2, 0.25) is 0 Å². The Balaban J connectivity index is 1.97. The topological polar surface area (TPSA) is 43.4 Å². The Hall–Kier alpha value is -2.23. The van der Waals surface area contributed by atoms with Crippen molar-refractivity contribution in [2.24, 2.45) is 0 Å². The maximum atomic E-state index is 5.74. The molecule has 0 aliphatic heterocycles. The van der Waals surface area contributed by atoms with E-state index in [1.807, 2.05) is 43.3 Å². The molecule has 0 aliphatic rings. The zero-order chi connectivity index (χ0) is 14.2. The first kappa shape index (κ1) is 14.2. The third-order valence-corrected chi connectivity index (χ3v) is 2.70. The van der Waals surface area contributed by atoms with Crippen LogP contribution < -0.4 is 14.8 Å². The summed E-state index contributed by atoms with van der Waals surface area (Å²) < 4.78 is 11.2. The van der Waals surface area contributed by atoms with Gasteiger partial charge in [-0.05, 0) is 38.1 Å². The van der Waals surface area contributed by atoms with Gasteiger partial charge in [0.1, 0.15) is 18.1 Å². The van der Waals surface area contributed by atoms with Gasteiger partial charge >= 0.3 is 0 Å². The lowest BCUT2D eigenvalue weighted by molar-refractivity contribution is 0.295. The summed E-state index contributed by atoms with van der Waals surface area (Å²) in [5.74, 6) is 1.60. The van der Waals surface area contributed by atoms with E-state index in [0.29, 0.717) is 13.2 Å². The van der Waals surface area contributed by atoms with Gasteiger partial charge in [-0.15, -0.1) is 0 Å². The molecule has 0 amide bonds. The van der Waals surface area contributed by atoms with E-state index >= 15 is 0 Å². The van der Waals surface area contributed by atoms with Gasteiger partial charge in [0.05, 0.1) is 12.3 Å². The SMILES string of the molecule is CCNc1ccnc(COc2cccc(OCC)c2)c1. The van der Waals surface area contributed by atoms with E-state index in [-0.39, 0.29) is 0 Å². The highest BCUT2D eigenvalue weighted by atomic mass is 16.5. The Kier molecular flexibility index (Phi) is 5.24. The summed E-state index contributed by atoms with van der Waals surface area (Å²) in [6.07, 6.45) is 1.79. The normalized spacial score (nSPS) is 10.1. The van der Waals surface area contributed by atoms with Crippen LogP contribution in [0, 0.1) is 0 Å². The summed E-state index contributed by atoms with van der Waals surface area (Å²) in [6, 6.07) is 11.6. The Morgan fingerprint density at radius 1 is 1.05 bits per heavy atom. The molecule has 4 nitrogen and oxygen atoms in total. The van der Waals surface area contributed by atoms with Crippen LogP contribution in [0.5, 0.6) is 11.5 Å². The number of aromatic nitrogens is 1.